The maximum absolute atomic E-state index is 11.5. The van der Waals surface area contributed by atoms with Crippen LogP contribution in [0.3, 0.4) is 0 Å². The van der Waals surface area contributed by atoms with Gasteiger partial charge in [-0.1, -0.05) is 0 Å². The summed E-state index contributed by atoms with van der Waals surface area (Å²) < 4.78 is 6.95. The van der Waals surface area contributed by atoms with Crippen LogP contribution >= 0.6 is 0 Å². The molecule has 0 aliphatic carbocycles. The molecule has 0 spiro atoms. The summed E-state index contributed by atoms with van der Waals surface area (Å²) in [5, 5.41) is 7.93. The highest BCUT2D eigenvalue weighted by Gasteiger charge is 2.33. The summed E-state index contributed by atoms with van der Waals surface area (Å²) in [6.07, 6.45) is 0.782. The first-order valence-electron chi connectivity index (χ1n) is 4.80. The Morgan fingerprint density at radius 2 is 2.43 bits per heavy atom. The Labute approximate surface area is 82.1 Å². The third-order valence-corrected chi connectivity index (χ3v) is 2.49. The van der Waals surface area contributed by atoms with Crippen molar-refractivity contribution in [2.45, 2.75) is 32.7 Å². The van der Waals surface area contributed by atoms with Crippen LogP contribution in [0.25, 0.3) is 0 Å². The van der Waals surface area contributed by atoms with E-state index in [-0.39, 0.29) is 11.9 Å². The third kappa shape index (κ3) is 1.29. The molecule has 1 atom stereocenters. The molecule has 0 saturated carbocycles. The van der Waals surface area contributed by atoms with Gasteiger partial charge in [-0.25, -0.2) is 0 Å². The molecule has 0 N–H and O–H groups in total. The minimum absolute atomic E-state index is 0.182. The number of aromatic nitrogens is 3. The molecule has 14 heavy (non-hydrogen) atoms. The second-order valence-corrected chi connectivity index (χ2v) is 3.35. The largest absolute Gasteiger partial charge is 0.465 e. The normalized spacial score (nSPS) is 19.4. The molecule has 0 radical (unpaired) electrons. The molecule has 0 saturated heterocycles. The second-order valence-electron chi connectivity index (χ2n) is 3.35. The lowest BCUT2D eigenvalue weighted by Crippen LogP contribution is -2.14. The zero-order valence-electron chi connectivity index (χ0n) is 8.36. The Morgan fingerprint density at radius 3 is 3.14 bits per heavy atom. The van der Waals surface area contributed by atoms with Gasteiger partial charge in [0.1, 0.15) is 17.6 Å². The SMILES string of the molecule is CCOC(=O)[C@@H]1CCn2c(C)nnc21. The Hall–Kier alpha value is -1.39. The molecule has 0 amide bonds. The van der Waals surface area contributed by atoms with Crippen LogP contribution in [0, 0.1) is 6.92 Å². The van der Waals surface area contributed by atoms with E-state index in [0.717, 1.165) is 24.6 Å². The first-order chi connectivity index (χ1) is 6.74. The summed E-state index contributed by atoms with van der Waals surface area (Å²) >= 11 is 0. The second kappa shape index (κ2) is 3.40. The molecule has 2 rings (SSSR count). The molecule has 1 aromatic rings. The fraction of sp³-hybridized carbons (Fsp3) is 0.667. The van der Waals surface area contributed by atoms with Crippen molar-refractivity contribution >= 4 is 5.97 Å². The van der Waals surface area contributed by atoms with Crippen molar-refractivity contribution < 1.29 is 9.53 Å². The number of esters is 1. The molecule has 2 heterocycles. The van der Waals surface area contributed by atoms with Gasteiger partial charge in [0.2, 0.25) is 0 Å². The molecule has 0 fully saturated rings. The maximum atomic E-state index is 11.5. The van der Waals surface area contributed by atoms with E-state index in [1.807, 2.05) is 18.4 Å². The number of ether oxygens (including phenoxy) is 1. The Kier molecular flexibility index (Phi) is 2.23. The number of aryl methyl sites for hydroxylation is 1. The first-order valence-corrected chi connectivity index (χ1v) is 4.80. The summed E-state index contributed by atoms with van der Waals surface area (Å²) in [6.45, 7) is 4.94. The highest BCUT2D eigenvalue weighted by molar-refractivity contribution is 5.77. The molecule has 0 bridgehead atoms. The zero-order valence-corrected chi connectivity index (χ0v) is 8.36. The first kappa shape index (κ1) is 9.18. The van der Waals surface area contributed by atoms with Crippen molar-refractivity contribution in [3.63, 3.8) is 0 Å². The number of carbonyl (C=O) groups is 1. The molecule has 5 heteroatoms. The van der Waals surface area contributed by atoms with Crippen LogP contribution in [-0.2, 0) is 16.1 Å². The van der Waals surface area contributed by atoms with E-state index in [4.69, 9.17) is 4.74 Å². The van der Waals surface area contributed by atoms with Gasteiger partial charge in [0.15, 0.2) is 0 Å². The average Bonchev–Trinajstić information content (AvgIpc) is 2.69. The topological polar surface area (TPSA) is 57.0 Å². The molecule has 76 valence electrons. The van der Waals surface area contributed by atoms with Crippen LogP contribution in [0.5, 0.6) is 0 Å². The summed E-state index contributed by atoms with van der Waals surface area (Å²) in [5.74, 6) is 1.22. The monoisotopic (exact) mass is 195 g/mol. The van der Waals surface area contributed by atoms with Gasteiger partial charge in [-0.3, -0.25) is 4.79 Å². The van der Waals surface area contributed by atoms with E-state index in [9.17, 15) is 4.79 Å². The number of hydrogen-bond acceptors (Lipinski definition) is 4. The Morgan fingerprint density at radius 1 is 1.64 bits per heavy atom. The molecule has 0 unspecified atom stereocenters. The molecule has 1 aromatic heterocycles. The van der Waals surface area contributed by atoms with Gasteiger partial charge >= 0.3 is 5.97 Å². The molecular formula is C9H13N3O2. The van der Waals surface area contributed by atoms with E-state index in [1.165, 1.54) is 0 Å². The predicted octanol–water partition coefficient (Wildman–Crippen LogP) is 0.637. The number of hydrogen-bond donors (Lipinski definition) is 0. The van der Waals surface area contributed by atoms with E-state index in [2.05, 4.69) is 10.2 Å². The lowest BCUT2D eigenvalue weighted by atomic mass is 10.1. The van der Waals surface area contributed by atoms with Gasteiger partial charge < -0.3 is 9.30 Å². The predicted molar refractivity (Wildman–Crippen MR) is 48.8 cm³/mol. The van der Waals surface area contributed by atoms with Gasteiger partial charge in [-0.05, 0) is 20.3 Å². The van der Waals surface area contributed by atoms with Crippen molar-refractivity contribution in [2.24, 2.45) is 0 Å². The molecule has 0 aromatic carbocycles. The van der Waals surface area contributed by atoms with Crippen LogP contribution in [0.15, 0.2) is 0 Å². The Bertz CT molecular complexity index is 359. The minimum Gasteiger partial charge on any atom is -0.465 e. The molecule has 1 aliphatic heterocycles. The highest BCUT2D eigenvalue weighted by Crippen LogP contribution is 2.27. The average molecular weight is 195 g/mol. The minimum atomic E-state index is -0.212. The quantitative estimate of drug-likeness (QED) is 0.650. The lowest BCUT2D eigenvalue weighted by molar-refractivity contribution is -0.145. The van der Waals surface area contributed by atoms with E-state index in [0.29, 0.717) is 6.61 Å². The van der Waals surface area contributed by atoms with Crippen LogP contribution < -0.4 is 0 Å². The number of carbonyl (C=O) groups excluding carboxylic acids is 1. The van der Waals surface area contributed by atoms with Crippen LogP contribution in [0.1, 0.15) is 30.9 Å². The summed E-state index contributed by atoms with van der Waals surface area (Å²) in [5.41, 5.74) is 0. The van der Waals surface area contributed by atoms with Crippen molar-refractivity contribution in [1.82, 2.24) is 14.8 Å². The van der Waals surface area contributed by atoms with Crippen LogP contribution in [0.4, 0.5) is 0 Å². The van der Waals surface area contributed by atoms with E-state index in [1.54, 1.807) is 0 Å². The smallest absolute Gasteiger partial charge is 0.316 e. The summed E-state index contributed by atoms with van der Waals surface area (Å²) in [4.78, 5) is 11.5. The fourth-order valence-electron chi connectivity index (χ4n) is 1.78. The maximum Gasteiger partial charge on any atom is 0.316 e. The number of rotatable bonds is 2. The van der Waals surface area contributed by atoms with Crippen molar-refractivity contribution in [3.8, 4) is 0 Å². The molecular weight excluding hydrogens is 182 g/mol. The van der Waals surface area contributed by atoms with Crippen molar-refractivity contribution in [1.29, 1.82) is 0 Å². The standard InChI is InChI=1S/C9H13N3O2/c1-3-14-9(13)7-4-5-12-6(2)10-11-8(7)12/h7H,3-5H2,1-2H3/t7-/m1/s1. The lowest BCUT2D eigenvalue weighted by Gasteiger charge is -2.05. The van der Waals surface area contributed by atoms with Gasteiger partial charge in [0.25, 0.3) is 0 Å². The zero-order chi connectivity index (χ0) is 10.1. The number of nitrogens with zero attached hydrogens (tertiary/aromatic N) is 3. The van der Waals surface area contributed by atoms with Gasteiger partial charge in [-0.2, -0.15) is 0 Å². The molecule has 1 aliphatic rings. The van der Waals surface area contributed by atoms with Gasteiger partial charge in [0.05, 0.1) is 6.61 Å². The van der Waals surface area contributed by atoms with Crippen molar-refractivity contribution in [2.75, 3.05) is 6.61 Å². The van der Waals surface area contributed by atoms with Gasteiger partial charge in [-0.15, -0.1) is 10.2 Å². The van der Waals surface area contributed by atoms with Crippen LogP contribution in [0.2, 0.25) is 0 Å². The third-order valence-electron chi connectivity index (χ3n) is 2.49. The summed E-state index contributed by atoms with van der Waals surface area (Å²) in [7, 11) is 0. The van der Waals surface area contributed by atoms with Crippen LogP contribution in [-0.4, -0.2) is 27.3 Å². The van der Waals surface area contributed by atoms with E-state index >= 15 is 0 Å². The van der Waals surface area contributed by atoms with E-state index < -0.39 is 0 Å². The summed E-state index contributed by atoms with van der Waals surface area (Å²) in [6, 6.07) is 0. The highest BCUT2D eigenvalue weighted by atomic mass is 16.5. The van der Waals surface area contributed by atoms with Gasteiger partial charge in [0, 0.05) is 6.54 Å². The number of fused-ring (bicyclic) bond motifs is 1. The Balaban J connectivity index is 2.21. The van der Waals surface area contributed by atoms with Crippen molar-refractivity contribution in [3.05, 3.63) is 11.6 Å². The molecule has 5 nitrogen and oxygen atoms in total. The fourth-order valence-corrected chi connectivity index (χ4v) is 1.78.